The van der Waals surface area contributed by atoms with E-state index in [4.69, 9.17) is 0 Å². The molecule has 6 heteroatoms. The molecule has 1 amide bonds. The Bertz CT molecular complexity index is 604. The minimum Gasteiger partial charge on any atom is -0.326 e. The molecule has 1 aliphatic heterocycles. The van der Waals surface area contributed by atoms with Gasteiger partial charge in [-0.2, -0.15) is 5.10 Å². The lowest BCUT2D eigenvalue weighted by Crippen LogP contribution is -2.34. The number of hydrogen-bond donors (Lipinski definition) is 3. The Balaban J connectivity index is 0.00000147. The third-order valence-electron chi connectivity index (χ3n) is 3.75. The first-order chi connectivity index (χ1) is 9.24. The summed E-state index contributed by atoms with van der Waals surface area (Å²) >= 11 is 0. The molecule has 0 saturated carbocycles. The second-order valence-electron chi connectivity index (χ2n) is 5.14. The smallest absolute Gasteiger partial charge is 0.227 e. The van der Waals surface area contributed by atoms with E-state index in [1.54, 1.807) is 6.20 Å². The Morgan fingerprint density at radius 1 is 1.35 bits per heavy atom. The van der Waals surface area contributed by atoms with Crippen molar-refractivity contribution in [2.24, 2.45) is 5.92 Å². The fourth-order valence-corrected chi connectivity index (χ4v) is 2.56. The molecule has 0 bridgehead atoms. The maximum atomic E-state index is 12.2. The maximum Gasteiger partial charge on any atom is 0.227 e. The fourth-order valence-electron chi connectivity index (χ4n) is 2.56. The van der Waals surface area contributed by atoms with Gasteiger partial charge in [-0.1, -0.05) is 0 Å². The van der Waals surface area contributed by atoms with Crippen molar-refractivity contribution in [2.45, 2.75) is 19.8 Å². The van der Waals surface area contributed by atoms with Gasteiger partial charge in [-0.05, 0) is 50.6 Å². The van der Waals surface area contributed by atoms with Gasteiger partial charge >= 0.3 is 0 Å². The van der Waals surface area contributed by atoms with E-state index in [9.17, 15) is 4.79 Å². The lowest BCUT2D eigenvalue weighted by molar-refractivity contribution is -0.120. The van der Waals surface area contributed by atoms with Crippen molar-refractivity contribution in [3.8, 4) is 0 Å². The zero-order chi connectivity index (χ0) is 13.2. The van der Waals surface area contributed by atoms with E-state index in [2.05, 4.69) is 20.8 Å². The van der Waals surface area contributed by atoms with Gasteiger partial charge in [0, 0.05) is 17.0 Å². The summed E-state index contributed by atoms with van der Waals surface area (Å²) in [5.41, 5.74) is 2.89. The van der Waals surface area contributed by atoms with Crippen molar-refractivity contribution in [3.05, 3.63) is 23.9 Å². The second-order valence-corrected chi connectivity index (χ2v) is 5.14. The number of piperidine rings is 1. The van der Waals surface area contributed by atoms with E-state index in [1.165, 1.54) is 0 Å². The molecule has 3 rings (SSSR count). The number of carbonyl (C=O) groups excluding carboxylic acids is 1. The predicted octanol–water partition coefficient (Wildman–Crippen LogP) is 2.23. The molecule has 0 atom stereocenters. The summed E-state index contributed by atoms with van der Waals surface area (Å²) in [6, 6.07) is 3.99. The van der Waals surface area contributed by atoms with E-state index >= 15 is 0 Å². The van der Waals surface area contributed by atoms with Crippen LogP contribution in [-0.2, 0) is 4.79 Å². The van der Waals surface area contributed by atoms with E-state index in [-0.39, 0.29) is 24.2 Å². The SMILES string of the molecule is Cc1cc2cn[nH]c2cc1NC(=O)C1CCNCC1.Cl. The van der Waals surface area contributed by atoms with Gasteiger partial charge in [-0.25, -0.2) is 0 Å². The number of halogens is 1. The van der Waals surface area contributed by atoms with Crippen LogP contribution in [0, 0.1) is 12.8 Å². The van der Waals surface area contributed by atoms with Gasteiger partial charge in [0.25, 0.3) is 0 Å². The molecule has 2 aromatic rings. The van der Waals surface area contributed by atoms with Crippen molar-refractivity contribution in [3.63, 3.8) is 0 Å². The molecule has 0 radical (unpaired) electrons. The van der Waals surface area contributed by atoms with Crippen molar-refractivity contribution in [1.82, 2.24) is 15.5 Å². The van der Waals surface area contributed by atoms with E-state index < -0.39 is 0 Å². The quantitative estimate of drug-likeness (QED) is 0.795. The third-order valence-corrected chi connectivity index (χ3v) is 3.75. The average molecular weight is 295 g/mol. The lowest BCUT2D eigenvalue weighted by atomic mass is 9.97. The highest BCUT2D eigenvalue weighted by atomic mass is 35.5. The average Bonchev–Trinajstić information content (AvgIpc) is 2.87. The maximum absolute atomic E-state index is 12.2. The van der Waals surface area contributed by atoms with Gasteiger partial charge in [0.1, 0.15) is 0 Å². The number of benzene rings is 1. The minimum absolute atomic E-state index is 0. The molecule has 1 aromatic carbocycles. The van der Waals surface area contributed by atoms with Crippen LogP contribution in [0.2, 0.25) is 0 Å². The van der Waals surface area contributed by atoms with Crippen LogP contribution in [0.5, 0.6) is 0 Å². The minimum atomic E-state index is 0. The molecule has 20 heavy (non-hydrogen) atoms. The van der Waals surface area contributed by atoms with Crippen LogP contribution in [0.4, 0.5) is 5.69 Å². The summed E-state index contributed by atoms with van der Waals surface area (Å²) in [5.74, 6) is 0.251. The molecular formula is C14H19ClN4O. The number of aromatic amines is 1. The predicted molar refractivity (Wildman–Crippen MR) is 82.3 cm³/mol. The molecule has 1 aromatic heterocycles. The molecule has 1 aliphatic rings. The van der Waals surface area contributed by atoms with Crippen LogP contribution in [0.15, 0.2) is 18.3 Å². The number of amides is 1. The fraction of sp³-hybridized carbons (Fsp3) is 0.429. The highest BCUT2D eigenvalue weighted by Gasteiger charge is 2.21. The van der Waals surface area contributed by atoms with Gasteiger partial charge < -0.3 is 10.6 Å². The number of fused-ring (bicyclic) bond motifs is 1. The number of aryl methyl sites for hydroxylation is 1. The summed E-state index contributed by atoms with van der Waals surface area (Å²) in [6.45, 7) is 3.86. The number of H-pyrrole nitrogens is 1. The van der Waals surface area contributed by atoms with Gasteiger partial charge in [-0.15, -0.1) is 12.4 Å². The van der Waals surface area contributed by atoms with Crippen LogP contribution < -0.4 is 10.6 Å². The molecular weight excluding hydrogens is 276 g/mol. The molecule has 0 unspecified atom stereocenters. The van der Waals surface area contributed by atoms with Gasteiger partial charge in [0.2, 0.25) is 5.91 Å². The van der Waals surface area contributed by atoms with Gasteiger partial charge in [0.05, 0.1) is 11.7 Å². The summed E-state index contributed by atoms with van der Waals surface area (Å²) in [6.07, 6.45) is 3.62. The molecule has 2 heterocycles. The number of hydrogen-bond acceptors (Lipinski definition) is 3. The monoisotopic (exact) mass is 294 g/mol. The van der Waals surface area contributed by atoms with E-state index in [0.717, 1.165) is 48.1 Å². The molecule has 0 spiro atoms. The van der Waals surface area contributed by atoms with Crippen LogP contribution in [0.3, 0.4) is 0 Å². The molecule has 0 aliphatic carbocycles. The topological polar surface area (TPSA) is 69.8 Å². The van der Waals surface area contributed by atoms with Crippen molar-refractivity contribution >= 4 is 34.9 Å². The highest BCUT2D eigenvalue weighted by molar-refractivity contribution is 5.96. The largest absolute Gasteiger partial charge is 0.326 e. The van der Waals surface area contributed by atoms with E-state index in [0.29, 0.717) is 0 Å². The Hall–Kier alpha value is -1.59. The highest BCUT2D eigenvalue weighted by Crippen LogP contribution is 2.23. The molecule has 3 N–H and O–H groups in total. The first kappa shape index (κ1) is 14.8. The number of rotatable bonds is 2. The van der Waals surface area contributed by atoms with Crippen molar-refractivity contribution < 1.29 is 4.79 Å². The zero-order valence-corrected chi connectivity index (χ0v) is 12.2. The molecule has 1 fully saturated rings. The first-order valence-corrected chi connectivity index (χ1v) is 6.69. The van der Waals surface area contributed by atoms with E-state index in [1.807, 2.05) is 19.1 Å². The van der Waals surface area contributed by atoms with Crippen LogP contribution in [0.25, 0.3) is 10.9 Å². The summed E-state index contributed by atoms with van der Waals surface area (Å²) in [4.78, 5) is 12.2. The summed E-state index contributed by atoms with van der Waals surface area (Å²) in [7, 11) is 0. The number of nitrogens with zero attached hydrogens (tertiary/aromatic N) is 1. The zero-order valence-electron chi connectivity index (χ0n) is 11.4. The third kappa shape index (κ3) is 2.94. The van der Waals surface area contributed by atoms with Crippen molar-refractivity contribution in [1.29, 1.82) is 0 Å². The Morgan fingerprint density at radius 3 is 2.85 bits per heavy atom. The second kappa shape index (κ2) is 6.24. The Kier molecular flexibility index (Phi) is 4.62. The summed E-state index contributed by atoms with van der Waals surface area (Å²) < 4.78 is 0. The Labute approximate surface area is 123 Å². The first-order valence-electron chi connectivity index (χ1n) is 6.69. The van der Waals surface area contributed by atoms with Crippen LogP contribution in [0.1, 0.15) is 18.4 Å². The Morgan fingerprint density at radius 2 is 2.10 bits per heavy atom. The standard InChI is InChI=1S/C14H18N4O.ClH/c1-9-6-11-8-16-18-13(11)7-12(9)17-14(19)10-2-4-15-5-3-10;/h6-8,10,15H,2-5H2,1H3,(H,16,18)(H,17,19);1H. The number of nitrogens with one attached hydrogen (secondary N) is 3. The molecule has 1 saturated heterocycles. The number of anilines is 1. The summed E-state index contributed by atoms with van der Waals surface area (Å²) in [5, 5.41) is 14.3. The van der Waals surface area contributed by atoms with Crippen molar-refractivity contribution in [2.75, 3.05) is 18.4 Å². The van der Waals surface area contributed by atoms with Gasteiger partial charge in [-0.3, -0.25) is 9.89 Å². The molecule has 5 nitrogen and oxygen atoms in total. The normalized spacial score (nSPS) is 15.8. The lowest BCUT2D eigenvalue weighted by Gasteiger charge is -2.22. The number of carbonyl (C=O) groups is 1. The van der Waals surface area contributed by atoms with Crippen LogP contribution >= 0.6 is 12.4 Å². The number of aromatic nitrogens is 2. The van der Waals surface area contributed by atoms with Crippen LogP contribution in [-0.4, -0.2) is 29.2 Å². The van der Waals surface area contributed by atoms with Gasteiger partial charge in [0.15, 0.2) is 0 Å². The molecule has 108 valence electrons.